The van der Waals surface area contributed by atoms with E-state index in [1.807, 2.05) is 0 Å². The van der Waals surface area contributed by atoms with E-state index in [-0.39, 0.29) is 29.3 Å². The van der Waals surface area contributed by atoms with Crippen molar-refractivity contribution in [2.24, 2.45) is 5.92 Å². The first-order valence-corrected chi connectivity index (χ1v) is 8.56. The number of carbonyl (C=O) groups is 1. The highest BCUT2D eigenvalue weighted by atomic mass is 16.6. The molecule has 0 aliphatic carbocycles. The fourth-order valence-corrected chi connectivity index (χ4v) is 2.75. The Morgan fingerprint density at radius 2 is 1.96 bits per heavy atom. The standard InChI is InChI=1S/C17H21N5O6/c1-5-28-13-6-7-14(15(8-13)21(24)25)18-17(23)10(2)9-20-12(4)16(22(26)27)11(3)19-20/h6-8,10H,5,9H2,1-4H3,(H,18,23). The van der Waals surface area contributed by atoms with Crippen LogP contribution >= 0.6 is 0 Å². The zero-order valence-electron chi connectivity index (χ0n) is 16.0. The molecule has 0 bridgehead atoms. The Labute approximate surface area is 160 Å². The molecule has 0 aliphatic rings. The van der Waals surface area contributed by atoms with Gasteiger partial charge in [0.15, 0.2) is 0 Å². The minimum atomic E-state index is -0.635. The summed E-state index contributed by atoms with van der Waals surface area (Å²) in [4.78, 5) is 33.8. The van der Waals surface area contributed by atoms with Crippen LogP contribution < -0.4 is 10.1 Å². The summed E-state index contributed by atoms with van der Waals surface area (Å²) in [5, 5.41) is 29.0. The molecule has 1 unspecified atom stereocenters. The highest BCUT2D eigenvalue weighted by Crippen LogP contribution is 2.30. The van der Waals surface area contributed by atoms with E-state index in [0.29, 0.717) is 18.1 Å². The zero-order chi connectivity index (χ0) is 21.0. The number of nitro groups is 2. The van der Waals surface area contributed by atoms with Crippen LogP contribution in [-0.2, 0) is 11.3 Å². The van der Waals surface area contributed by atoms with Gasteiger partial charge in [0.1, 0.15) is 22.8 Å². The Bertz CT molecular complexity index is 923. The van der Waals surface area contributed by atoms with Crippen molar-refractivity contribution in [3.63, 3.8) is 0 Å². The maximum atomic E-state index is 12.5. The van der Waals surface area contributed by atoms with E-state index in [2.05, 4.69) is 10.4 Å². The third kappa shape index (κ3) is 4.42. The van der Waals surface area contributed by atoms with E-state index < -0.39 is 21.7 Å². The van der Waals surface area contributed by atoms with Gasteiger partial charge < -0.3 is 10.1 Å². The van der Waals surface area contributed by atoms with E-state index in [4.69, 9.17) is 4.74 Å². The zero-order valence-corrected chi connectivity index (χ0v) is 16.0. The van der Waals surface area contributed by atoms with Crippen LogP contribution in [0.25, 0.3) is 0 Å². The molecule has 0 fully saturated rings. The molecule has 2 aromatic rings. The number of hydrogen-bond acceptors (Lipinski definition) is 7. The van der Waals surface area contributed by atoms with E-state index >= 15 is 0 Å². The first kappa shape index (κ1) is 20.8. The molecule has 1 N–H and O–H groups in total. The van der Waals surface area contributed by atoms with Gasteiger partial charge in [-0.05, 0) is 32.9 Å². The van der Waals surface area contributed by atoms with Crippen LogP contribution in [0.15, 0.2) is 18.2 Å². The number of carbonyl (C=O) groups excluding carboxylic acids is 1. The predicted octanol–water partition coefficient (Wildman–Crippen LogP) is 2.99. The first-order valence-electron chi connectivity index (χ1n) is 8.56. The molecule has 28 heavy (non-hydrogen) atoms. The molecule has 0 saturated carbocycles. The summed E-state index contributed by atoms with van der Waals surface area (Å²) < 4.78 is 6.64. The number of aromatic nitrogens is 2. The highest BCUT2D eigenvalue weighted by Gasteiger charge is 2.25. The van der Waals surface area contributed by atoms with Crippen molar-refractivity contribution in [1.29, 1.82) is 0 Å². The minimum absolute atomic E-state index is 0.0460. The maximum absolute atomic E-state index is 12.5. The lowest BCUT2D eigenvalue weighted by Crippen LogP contribution is -2.25. The SMILES string of the molecule is CCOc1ccc(NC(=O)C(C)Cn2nc(C)c([N+](=O)[O-])c2C)c([N+](=O)[O-])c1. The van der Waals surface area contributed by atoms with Crippen molar-refractivity contribution in [3.8, 4) is 5.75 Å². The van der Waals surface area contributed by atoms with Gasteiger partial charge in [-0.25, -0.2) is 0 Å². The number of hydrogen-bond donors (Lipinski definition) is 1. The van der Waals surface area contributed by atoms with Crippen molar-refractivity contribution >= 4 is 23.0 Å². The molecule has 1 heterocycles. The number of nitrogens with zero attached hydrogens (tertiary/aromatic N) is 4. The number of benzene rings is 1. The van der Waals surface area contributed by atoms with Gasteiger partial charge in [-0.2, -0.15) is 5.10 Å². The molecule has 1 atom stereocenters. The molecule has 11 nitrogen and oxygen atoms in total. The second kappa shape index (κ2) is 8.46. The lowest BCUT2D eigenvalue weighted by atomic mass is 10.1. The number of amides is 1. The van der Waals surface area contributed by atoms with Gasteiger partial charge in [-0.15, -0.1) is 0 Å². The summed E-state index contributed by atoms with van der Waals surface area (Å²) in [5.41, 5.74) is 0.277. The van der Waals surface area contributed by atoms with Gasteiger partial charge in [-0.1, -0.05) is 6.92 Å². The summed E-state index contributed by atoms with van der Waals surface area (Å²) in [6.07, 6.45) is 0. The van der Waals surface area contributed by atoms with Gasteiger partial charge in [0.05, 0.1) is 35.0 Å². The van der Waals surface area contributed by atoms with Gasteiger partial charge in [0.25, 0.3) is 5.69 Å². The third-order valence-electron chi connectivity index (χ3n) is 4.16. The van der Waals surface area contributed by atoms with Crippen LogP contribution in [0.1, 0.15) is 25.2 Å². The minimum Gasteiger partial charge on any atom is -0.494 e. The molecule has 0 spiro atoms. The fraction of sp³-hybridized carbons (Fsp3) is 0.412. The second-order valence-corrected chi connectivity index (χ2v) is 6.22. The Hall–Kier alpha value is -3.50. The third-order valence-corrected chi connectivity index (χ3v) is 4.16. The van der Waals surface area contributed by atoms with Crippen molar-refractivity contribution in [3.05, 3.63) is 49.8 Å². The molecular formula is C17H21N5O6. The van der Waals surface area contributed by atoms with Crippen LogP contribution in [0.4, 0.5) is 17.1 Å². The number of rotatable bonds is 8. The quantitative estimate of drug-likeness (QED) is 0.538. The topological polar surface area (TPSA) is 142 Å². The summed E-state index contributed by atoms with van der Waals surface area (Å²) >= 11 is 0. The molecule has 1 amide bonds. The highest BCUT2D eigenvalue weighted by molar-refractivity contribution is 5.94. The number of aryl methyl sites for hydroxylation is 1. The molecular weight excluding hydrogens is 370 g/mol. The van der Waals surface area contributed by atoms with Crippen LogP contribution in [0.3, 0.4) is 0 Å². The number of nitrogens with one attached hydrogen (secondary N) is 1. The van der Waals surface area contributed by atoms with E-state index in [1.54, 1.807) is 20.8 Å². The van der Waals surface area contributed by atoms with Crippen LogP contribution in [0, 0.1) is 40.0 Å². The van der Waals surface area contributed by atoms with Gasteiger partial charge in [-0.3, -0.25) is 29.7 Å². The second-order valence-electron chi connectivity index (χ2n) is 6.22. The summed E-state index contributed by atoms with van der Waals surface area (Å²) in [6, 6.07) is 4.18. The molecule has 1 aromatic heterocycles. The lowest BCUT2D eigenvalue weighted by Gasteiger charge is -2.14. The number of ether oxygens (including phenoxy) is 1. The molecule has 1 aromatic carbocycles. The Morgan fingerprint density at radius 1 is 1.29 bits per heavy atom. The predicted molar refractivity (Wildman–Crippen MR) is 100 cm³/mol. The summed E-state index contributed by atoms with van der Waals surface area (Å²) in [5.74, 6) is -0.776. The Balaban J connectivity index is 2.18. The number of anilines is 1. The van der Waals surface area contributed by atoms with E-state index in [9.17, 15) is 25.0 Å². The largest absolute Gasteiger partial charge is 0.494 e. The first-order chi connectivity index (χ1) is 13.1. The number of nitro benzene ring substituents is 1. The van der Waals surface area contributed by atoms with E-state index in [0.717, 1.165) is 0 Å². The lowest BCUT2D eigenvalue weighted by molar-refractivity contribution is -0.386. The van der Waals surface area contributed by atoms with Crippen molar-refractivity contribution in [2.45, 2.75) is 34.2 Å². The van der Waals surface area contributed by atoms with Gasteiger partial charge in [0, 0.05) is 0 Å². The van der Waals surface area contributed by atoms with Gasteiger partial charge in [0.2, 0.25) is 5.91 Å². The molecule has 0 saturated heterocycles. The smallest absolute Gasteiger partial charge is 0.312 e. The van der Waals surface area contributed by atoms with Crippen molar-refractivity contribution in [2.75, 3.05) is 11.9 Å². The van der Waals surface area contributed by atoms with E-state index in [1.165, 1.54) is 29.8 Å². The van der Waals surface area contributed by atoms with Crippen LogP contribution in [0.5, 0.6) is 5.75 Å². The molecule has 0 aliphatic heterocycles. The molecule has 11 heteroatoms. The molecule has 150 valence electrons. The summed E-state index contributed by atoms with van der Waals surface area (Å²) in [6.45, 7) is 6.89. The monoisotopic (exact) mass is 391 g/mol. The van der Waals surface area contributed by atoms with Crippen molar-refractivity contribution in [1.82, 2.24) is 9.78 Å². The normalized spacial score (nSPS) is 11.7. The average Bonchev–Trinajstić information content (AvgIpc) is 2.89. The van der Waals surface area contributed by atoms with Crippen LogP contribution in [0.2, 0.25) is 0 Å². The molecule has 0 radical (unpaired) electrons. The van der Waals surface area contributed by atoms with Crippen LogP contribution in [-0.4, -0.2) is 32.1 Å². The Kier molecular flexibility index (Phi) is 6.29. The average molecular weight is 391 g/mol. The molecule has 2 rings (SSSR count). The maximum Gasteiger partial charge on any atom is 0.312 e. The fourth-order valence-electron chi connectivity index (χ4n) is 2.75. The Morgan fingerprint density at radius 3 is 2.50 bits per heavy atom. The summed E-state index contributed by atoms with van der Waals surface area (Å²) in [7, 11) is 0. The van der Waals surface area contributed by atoms with Gasteiger partial charge >= 0.3 is 5.69 Å². The van der Waals surface area contributed by atoms with Crippen molar-refractivity contribution < 1.29 is 19.4 Å².